The molecule has 5 atom stereocenters. The van der Waals surface area contributed by atoms with Gasteiger partial charge in [-0.05, 0) is 79.6 Å². The van der Waals surface area contributed by atoms with E-state index in [-0.39, 0.29) is 56.3 Å². The van der Waals surface area contributed by atoms with Crippen LogP contribution in [-0.2, 0) is 32.0 Å². The van der Waals surface area contributed by atoms with Gasteiger partial charge in [-0.3, -0.25) is 19.2 Å². The van der Waals surface area contributed by atoms with E-state index in [0.717, 1.165) is 16.7 Å². The van der Waals surface area contributed by atoms with E-state index < -0.39 is 42.1 Å². The number of phenols is 1. The van der Waals surface area contributed by atoms with Gasteiger partial charge < -0.3 is 54.4 Å². The molecule has 3 rings (SSSR count). The van der Waals surface area contributed by atoms with Crippen LogP contribution in [0.5, 0.6) is 5.75 Å². The number of aromatic hydroxyl groups is 1. The third-order valence-electron chi connectivity index (χ3n) is 8.02. The van der Waals surface area contributed by atoms with Crippen molar-refractivity contribution in [3.8, 4) is 16.9 Å². The number of carbonyl (C=O) groups is 4. The van der Waals surface area contributed by atoms with E-state index in [0.29, 0.717) is 44.3 Å². The Balaban J connectivity index is 1.73. The molecule has 0 fully saturated rings. The molecule has 0 saturated carbocycles. The Morgan fingerprint density at radius 2 is 1.70 bits per heavy atom. The maximum Gasteiger partial charge on any atom is 0.242 e. The van der Waals surface area contributed by atoms with Crippen LogP contribution in [0.25, 0.3) is 11.1 Å². The van der Waals surface area contributed by atoms with E-state index in [4.69, 9.17) is 22.9 Å². The van der Waals surface area contributed by atoms with Crippen LogP contribution in [0.1, 0.15) is 43.2 Å². The zero-order valence-corrected chi connectivity index (χ0v) is 26.8. The first-order valence-corrected chi connectivity index (χ1v) is 16.1. The van der Waals surface area contributed by atoms with Crippen molar-refractivity contribution in [1.82, 2.24) is 21.3 Å². The second-order valence-electron chi connectivity index (χ2n) is 12.1. The van der Waals surface area contributed by atoms with Crippen LogP contribution in [0.2, 0.25) is 0 Å². The zero-order valence-electron chi connectivity index (χ0n) is 26.8. The second-order valence-corrected chi connectivity index (χ2v) is 12.1. The number of fused-ring (bicyclic) bond motifs is 5. The molecule has 2 aromatic carbocycles. The Morgan fingerprint density at radius 3 is 2.45 bits per heavy atom. The van der Waals surface area contributed by atoms with Crippen LogP contribution in [0, 0.1) is 0 Å². The number of aliphatic hydroxyl groups is 1. The minimum atomic E-state index is -1.03. The van der Waals surface area contributed by atoms with Crippen LogP contribution in [-0.4, -0.2) is 96.7 Å². The minimum absolute atomic E-state index is 0.0156. The molecule has 258 valence electrons. The van der Waals surface area contributed by atoms with E-state index in [9.17, 15) is 29.4 Å². The minimum Gasteiger partial charge on any atom is -0.508 e. The quantitative estimate of drug-likeness (QED) is 0.103. The van der Waals surface area contributed by atoms with E-state index >= 15 is 0 Å². The van der Waals surface area contributed by atoms with Crippen molar-refractivity contribution in [2.24, 2.45) is 22.9 Å². The fraction of sp³-hybridized carbons (Fsp3) is 0.515. The lowest BCUT2D eigenvalue weighted by Crippen LogP contribution is -2.54. The number of rotatable bonds is 15. The third kappa shape index (κ3) is 12.3. The van der Waals surface area contributed by atoms with Crippen molar-refractivity contribution >= 4 is 23.5 Å². The molecule has 0 aliphatic carbocycles. The van der Waals surface area contributed by atoms with Crippen molar-refractivity contribution in [2.45, 2.75) is 75.2 Å². The average molecular weight is 655 g/mol. The smallest absolute Gasteiger partial charge is 0.242 e. The molecule has 0 saturated heterocycles. The van der Waals surface area contributed by atoms with Crippen molar-refractivity contribution in [1.29, 1.82) is 0 Å². The average Bonchev–Trinajstić information content (AvgIpc) is 3.04. The molecule has 1 aliphatic heterocycles. The molecule has 14 nitrogen and oxygen atoms in total. The Hall–Kier alpha value is -3.92. The SMILES string of the molecule is NCCC[C@@H]1NC(=O)C(N)Cc2cc(ccc2O)-c2cccc(c2)CC(CC(=O)CNCC(O)CNC(=O)[C@@H](N)CCCN)NC1=O. The summed E-state index contributed by atoms with van der Waals surface area (Å²) in [6.07, 6.45) is 1.21. The van der Waals surface area contributed by atoms with Crippen LogP contribution in [0.4, 0.5) is 0 Å². The summed E-state index contributed by atoms with van der Waals surface area (Å²) in [6, 6.07) is 9.50. The van der Waals surface area contributed by atoms with Crippen LogP contribution in [0.15, 0.2) is 42.5 Å². The number of benzene rings is 2. The van der Waals surface area contributed by atoms with Gasteiger partial charge in [0.2, 0.25) is 17.7 Å². The number of phenolic OH excluding ortho intramolecular Hbond substituents is 1. The number of nitrogens with two attached hydrogens (primary N) is 4. The molecule has 14 heteroatoms. The van der Waals surface area contributed by atoms with Gasteiger partial charge in [0.25, 0.3) is 0 Å². The van der Waals surface area contributed by atoms with E-state index in [1.54, 1.807) is 18.2 Å². The zero-order chi connectivity index (χ0) is 34.3. The van der Waals surface area contributed by atoms with Crippen molar-refractivity contribution in [3.63, 3.8) is 0 Å². The van der Waals surface area contributed by atoms with Gasteiger partial charge in [0.15, 0.2) is 0 Å². The molecule has 0 aromatic heterocycles. The van der Waals surface area contributed by atoms with E-state index in [1.165, 1.54) is 0 Å². The summed E-state index contributed by atoms with van der Waals surface area (Å²) in [5, 5.41) is 31.9. The molecule has 3 unspecified atom stereocenters. The van der Waals surface area contributed by atoms with Crippen LogP contribution >= 0.6 is 0 Å². The fourth-order valence-electron chi connectivity index (χ4n) is 5.38. The summed E-state index contributed by atoms with van der Waals surface area (Å²) in [5.41, 5.74) is 26.2. The topological polar surface area (TPSA) is 261 Å². The molecule has 2 aromatic rings. The molecule has 0 radical (unpaired) electrons. The number of hydrogen-bond donors (Lipinski definition) is 10. The Bertz CT molecular complexity index is 1360. The molecule has 1 heterocycles. The summed E-state index contributed by atoms with van der Waals surface area (Å²) in [4.78, 5) is 51.7. The summed E-state index contributed by atoms with van der Waals surface area (Å²) in [7, 11) is 0. The largest absolute Gasteiger partial charge is 0.508 e. The summed E-state index contributed by atoms with van der Waals surface area (Å²) >= 11 is 0. The van der Waals surface area contributed by atoms with Crippen molar-refractivity contribution in [2.75, 3.05) is 32.7 Å². The van der Waals surface area contributed by atoms with Gasteiger partial charge in [0.1, 0.15) is 17.6 Å². The number of ketones is 1. The molecular weight excluding hydrogens is 604 g/mol. The molecule has 4 bridgehead atoms. The van der Waals surface area contributed by atoms with Gasteiger partial charge in [-0.25, -0.2) is 0 Å². The summed E-state index contributed by atoms with van der Waals surface area (Å²) in [5.74, 6) is -1.59. The van der Waals surface area contributed by atoms with Gasteiger partial charge in [0, 0.05) is 32.0 Å². The van der Waals surface area contributed by atoms with Crippen LogP contribution in [0.3, 0.4) is 0 Å². The number of nitrogens with one attached hydrogen (secondary N) is 4. The van der Waals surface area contributed by atoms with Gasteiger partial charge in [-0.1, -0.05) is 30.3 Å². The Morgan fingerprint density at radius 1 is 0.957 bits per heavy atom. The molecule has 0 spiro atoms. The Labute approximate surface area is 275 Å². The second kappa shape index (κ2) is 19.0. The van der Waals surface area contributed by atoms with Gasteiger partial charge >= 0.3 is 0 Å². The maximum absolute atomic E-state index is 13.5. The van der Waals surface area contributed by atoms with Gasteiger partial charge in [-0.15, -0.1) is 0 Å². The lowest BCUT2D eigenvalue weighted by molar-refractivity contribution is -0.130. The van der Waals surface area contributed by atoms with Gasteiger partial charge in [0.05, 0.1) is 24.7 Å². The Kier molecular flexibility index (Phi) is 15.2. The standard InChI is InChI=1S/C33H50N8O6/c34-10-2-6-27(36)31(45)39-19-26(43)18-38-17-25(42)16-24-13-20-4-1-5-21(12-20)22-8-9-30(44)23(14-22)15-28(37)32(46)41-29(7-3-11-35)33(47)40-24/h1,4-5,8-9,12,14,24,26-29,38,43-44H,2-3,6-7,10-11,13,15-19,34-37H2,(H,39,45)(H,40,47)(H,41,46)/t24?,26?,27-,28?,29-/m0/s1. The highest BCUT2D eigenvalue weighted by molar-refractivity contribution is 5.90. The normalized spacial score (nSPS) is 19.8. The highest BCUT2D eigenvalue weighted by Gasteiger charge is 2.27. The molecule has 1 aliphatic rings. The highest BCUT2D eigenvalue weighted by Crippen LogP contribution is 2.28. The lowest BCUT2D eigenvalue weighted by Gasteiger charge is -2.24. The predicted octanol–water partition coefficient (Wildman–Crippen LogP) is -1.71. The summed E-state index contributed by atoms with van der Waals surface area (Å²) < 4.78 is 0. The summed E-state index contributed by atoms with van der Waals surface area (Å²) in [6.45, 7) is 0.674. The maximum atomic E-state index is 13.5. The van der Waals surface area contributed by atoms with Gasteiger partial charge in [-0.2, -0.15) is 0 Å². The number of aliphatic hydroxyl groups excluding tert-OH is 1. The molecule has 47 heavy (non-hydrogen) atoms. The number of amides is 3. The predicted molar refractivity (Wildman–Crippen MR) is 179 cm³/mol. The first-order chi connectivity index (χ1) is 22.5. The van der Waals surface area contributed by atoms with E-state index in [1.807, 2.05) is 24.3 Å². The number of hydrogen-bond acceptors (Lipinski definition) is 11. The van der Waals surface area contributed by atoms with Crippen molar-refractivity contribution < 1.29 is 29.4 Å². The molecule has 14 N–H and O–H groups in total. The first kappa shape index (κ1) is 37.5. The molecule has 3 amide bonds. The first-order valence-electron chi connectivity index (χ1n) is 16.1. The molecular formula is C33H50N8O6. The lowest BCUT2D eigenvalue weighted by atomic mass is 9.95. The van der Waals surface area contributed by atoms with Crippen molar-refractivity contribution in [3.05, 3.63) is 53.6 Å². The monoisotopic (exact) mass is 654 g/mol. The third-order valence-corrected chi connectivity index (χ3v) is 8.02. The van der Waals surface area contributed by atoms with Crippen LogP contribution < -0.4 is 44.2 Å². The fourth-order valence-corrected chi connectivity index (χ4v) is 5.38. The number of Topliss-reactive ketones (excluding diaryl/α,β-unsaturated/α-hetero) is 1. The number of carbonyl (C=O) groups excluding carboxylic acids is 4. The highest BCUT2D eigenvalue weighted by atomic mass is 16.3. The van der Waals surface area contributed by atoms with E-state index in [2.05, 4.69) is 21.3 Å².